The van der Waals surface area contributed by atoms with Gasteiger partial charge in [-0.25, -0.2) is 0 Å². The first-order valence-corrected chi connectivity index (χ1v) is 7.33. The van der Waals surface area contributed by atoms with Gasteiger partial charge in [0, 0.05) is 32.6 Å². The first-order chi connectivity index (χ1) is 10.1. The van der Waals surface area contributed by atoms with Crippen LogP contribution >= 0.6 is 0 Å². The quantitative estimate of drug-likeness (QED) is 0.894. The Morgan fingerprint density at radius 2 is 1.57 bits per heavy atom. The molecule has 21 heavy (non-hydrogen) atoms. The number of nitrogens with zero attached hydrogens (tertiary/aromatic N) is 2. The highest BCUT2D eigenvalue weighted by Crippen LogP contribution is 2.20. The average molecular weight is 290 g/mol. The maximum absolute atomic E-state index is 12.3. The number of amides is 2. The maximum Gasteiger partial charge on any atom is 0.248 e. The topological polar surface area (TPSA) is 60.9 Å². The molecule has 1 N–H and O–H groups in total. The van der Waals surface area contributed by atoms with Crippen molar-refractivity contribution >= 4 is 11.8 Å². The van der Waals surface area contributed by atoms with Crippen molar-refractivity contribution in [3.05, 3.63) is 35.9 Å². The summed E-state index contributed by atoms with van der Waals surface area (Å²) in [7, 11) is 0. The first-order valence-electron chi connectivity index (χ1n) is 7.33. The summed E-state index contributed by atoms with van der Waals surface area (Å²) in [5.41, 5.74) is 1.17. The molecule has 1 aliphatic rings. The van der Waals surface area contributed by atoms with Crippen molar-refractivity contribution in [2.45, 2.75) is 19.3 Å². The van der Waals surface area contributed by atoms with Gasteiger partial charge in [-0.3, -0.25) is 9.59 Å². The Kier molecular flexibility index (Phi) is 5.33. The molecule has 1 unspecified atom stereocenters. The number of rotatable bonds is 4. The van der Waals surface area contributed by atoms with E-state index in [2.05, 4.69) is 6.92 Å². The molecule has 1 saturated heterocycles. The molecule has 1 atom stereocenters. The Labute approximate surface area is 125 Å². The van der Waals surface area contributed by atoms with Crippen molar-refractivity contribution in [2.75, 3.05) is 32.8 Å². The van der Waals surface area contributed by atoms with Crippen LogP contribution in [0.1, 0.15) is 24.8 Å². The van der Waals surface area contributed by atoms with Gasteiger partial charge in [-0.2, -0.15) is 0 Å². The van der Waals surface area contributed by atoms with Crippen LogP contribution in [0.4, 0.5) is 0 Å². The summed E-state index contributed by atoms with van der Waals surface area (Å²) in [6.07, 6.45) is 0.484. The van der Waals surface area contributed by atoms with Gasteiger partial charge in [0.1, 0.15) is 6.61 Å². The molecule has 1 aliphatic heterocycles. The Balaban J connectivity index is 1.84. The van der Waals surface area contributed by atoms with E-state index in [1.807, 2.05) is 30.3 Å². The van der Waals surface area contributed by atoms with Gasteiger partial charge >= 0.3 is 0 Å². The number of hydrogen-bond acceptors (Lipinski definition) is 3. The molecule has 0 spiro atoms. The predicted molar refractivity (Wildman–Crippen MR) is 79.7 cm³/mol. The van der Waals surface area contributed by atoms with Gasteiger partial charge in [0.2, 0.25) is 11.8 Å². The third kappa shape index (κ3) is 4.04. The summed E-state index contributed by atoms with van der Waals surface area (Å²) < 4.78 is 0. The lowest BCUT2D eigenvalue weighted by Gasteiger charge is -2.35. The van der Waals surface area contributed by atoms with E-state index >= 15 is 0 Å². The monoisotopic (exact) mass is 290 g/mol. The number of carbonyl (C=O) groups excluding carboxylic acids is 2. The molecular weight excluding hydrogens is 268 g/mol. The van der Waals surface area contributed by atoms with Gasteiger partial charge in [-0.1, -0.05) is 37.3 Å². The molecule has 5 nitrogen and oxygen atoms in total. The fourth-order valence-corrected chi connectivity index (χ4v) is 2.60. The summed E-state index contributed by atoms with van der Waals surface area (Å²) in [5, 5.41) is 8.84. The third-order valence-electron chi connectivity index (χ3n) is 3.97. The second-order valence-corrected chi connectivity index (χ2v) is 5.44. The van der Waals surface area contributed by atoms with Gasteiger partial charge in [0.15, 0.2) is 0 Å². The zero-order valence-corrected chi connectivity index (χ0v) is 12.4. The van der Waals surface area contributed by atoms with E-state index in [0.717, 1.165) is 0 Å². The van der Waals surface area contributed by atoms with Gasteiger partial charge in [0.25, 0.3) is 0 Å². The molecule has 1 heterocycles. The fourth-order valence-electron chi connectivity index (χ4n) is 2.60. The highest BCUT2D eigenvalue weighted by atomic mass is 16.3. The molecule has 2 rings (SSSR count). The third-order valence-corrected chi connectivity index (χ3v) is 3.97. The van der Waals surface area contributed by atoms with Gasteiger partial charge < -0.3 is 14.9 Å². The Morgan fingerprint density at radius 3 is 2.10 bits per heavy atom. The number of benzene rings is 1. The summed E-state index contributed by atoms with van der Waals surface area (Å²) in [6, 6.07) is 10.0. The summed E-state index contributed by atoms with van der Waals surface area (Å²) in [5.74, 6) is 0.0537. The molecule has 5 heteroatoms. The van der Waals surface area contributed by atoms with E-state index in [4.69, 9.17) is 5.11 Å². The van der Waals surface area contributed by atoms with Crippen molar-refractivity contribution in [2.24, 2.45) is 0 Å². The number of aliphatic hydroxyl groups is 1. The van der Waals surface area contributed by atoms with Crippen molar-refractivity contribution < 1.29 is 14.7 Å². The van der Waals surface area contributed by atoms with Crippen molar-refractivity contribution in [3.63, 3.8) is 0 Å². The van der Waals surface area contributed by atoms with Crippen LogP contribution in [0.15, 0.2) is 30.3 Å². The molecule has 1 aromatic rings. The lowest BCUT2D eigenvalue weighted by molar-refractivity contribution is -0.141. The van der Waals surface area contributed by atoms with E-state index in [-0.39, 0.29) is 17.7 Å². The smallest absolute Gasteiger partial charge is 0.248 e. The molecule has 0 bridgehead atoms. The van der Waals surface area contributed by atoms with E-state index in [0.29, 0.717) is 32.6 Å². The molecule has 0 saturated carbocycles. The summed E-state index contributed by atoms with van der Waals surface area (Å²) in [6.45, 7) is 3.70. The van der Waals surface area contributed by atoms with Crippen LogP contribution in [0, 0.1) is 0 Å². The summed E-state index contributed by atoms with van der Waals surface area (Å²) in [4.78, 5) is 27.1. The van der Waals surface area contributed by atoms with Crippen molar-refractivity contribution in [1.29, 1.82) is 0 Å². The van der Waals surface area contributed by atoms with Crippen LogP contribution in [0.25, 0.3) is 0 Å². The van der Waals surface area contributed by atoms with Crippen molar-refractivity contribution in [3.8, 4) is 0 Å². The highest BCUT2D eigenvalue weighted by Gasteiger charge is 2.24. The SMILES string of the molecule is CC(CC(=O)N1CCN(C(=O)CO)CC1)c1ccccc1. The van der Waals surface area contributed by atoms with Gasteiger partial charge in [0.05, 0.1) is 0 Å². The zero-order chi connectivity index (χ0) is 15.2. The van der Waals surface area contributed by atoms with Crippen LogP contribution in [0.3, 0.4) is 0 Å². The van der Waals surface area contributed by atoms with Crippen LogP contribution in [-0.4, -0.2) is 59.5 Å². The standard InChI is InChI=1S/C16H22N2O3/c1-13(14-5-3-2-4-6-14)11-15(20)17-7-9-18(10-8-17)16(21)12-19/h2-6,13,19H,7-12H2,1H3. The maximum atomic E-state index is 12.3. The zero-order valence-electron chi connectivity index (χ0n) is 12.4. The number of carbonyl (C=O) groups is 2. The molecular formula is C16H22N2O3. The summed E-state index contributed by atoms with van der Waals surface area (Å²) >= 11 is 0. The Morgan fingerprint density at radius 1 is 1.05 bits per heavy atom. The normalized spacial score (nSPS) is 16.7. The van der Waals surface area contributed by atoms with E-state index in [1.54, 1.807) is 9.80 Å². The molecule has 0 radical (unpaired) electrons. The minimum atomic E-state index is -0.459. The van der Waals surface area contributed by atoms with Crippen LogP contribution in [-0.2, 0) is 9.59 Å². The van der Waals surface area contributed by atoms with E-state index < -0.39 is 6.61 Å². The Hall–Kier alpha value is -1.88. The van der Waals surface area contributed by atoms with Crippen LogP contribution < -0.4 is 0 Å². The lowest BCUT2D eigenvalue weighted by Crippen LogP contribution is -2.51. The molecule has 2 amide bonds. The number of aliphatic hydroxyl groups excluding tert-OH is 1. The minimum absolute atomic E-state index is 0.127. The van der Waals surface area contributed by atoms with Gasteiger partial charge in [-0.05, 0) is 11.5 Å². The van der Waals surface area contributed by atoms with Gasteiger partial charge in [-0.15, -0.1) is 0 Å². The molecule has 1 aromatic carbocycles. The Bertz CT molecular complexity index is 482. The second kappa shape index (κ2) is 7.22. The van der Waals surface area contributed by atoms with E-state index in [1.165, 1.54) is 5.56 Å². The molecule has 0 aromatic heterocycles. The minimum Gasteiger partial charge on any atom is -0.387 e. The van der Waals surface area contributed by atoms with E-state index in [9.17, 15) is 9.59 Å². The van der Waals surface area contributed by atoms with Crippen LogP contribution in [0.2, 0.25) is 0 Å². The van der Waals surface area contributed by atoms with Crippen LogP contribution in [0.5, 0.6) is 0 Å². The fraction of sp³-hybridized carbons (Fsp3) is 0.500. The first kappa shape index (κ1) is 15.5. The number of hydrogen-bond donors (Lipinski definition) is 1. The second-order valence-electron chi connectivity index (χ2n) is 5.44. The molecule has 114 valence electrons. The molecule has 0 aliphatic carbocycles. The lowest BCUT2D eigenvalue weighted by atomic mass is 9.97. The molecule has 1 fully saturated rings. The highest BCUT2D eigenvalue weighted by molar-refractivity contribution is 5.79. The predicted octanol–water partition coefficient (Wildman–Crippen LogP) is 0.843. The average Bonchev–Trinajstić information content (AvgIpc) is 2.55. The number of piperazine rings is 1. The largest absolute Gasteiger partial charge is 0.387 e. The van der Waals surface area contributed by atoms with Crippen molar-refractivity contribution in [1.82, 2.24) is 9.80 Å².